The number of nitrogens with zero attached hydrogens (tertiary/aromatic N) is 2. The second-order valence-electron chi connectivity index (χ2n) is 3.95. The minimum atomic E-state index is -4.50. The fourth-order valence-electron chi connectivity index (χ4n) is 1.51. The molecule has 0 atom stereocenters. The molecule has 90 valence electrons. The fraction of sp³-hybridized carbons (Fsp3) is 0.400. The van der Waals surface area contributed by atoms with E-state index in [-0.39, 0.29) is 6.04 Å². The minimum Gasteiger partial charge on any atom is -0.367 e. The maximum Gasteiger partial charge on any atom is 0.451 e. The lowest BCUT2D eigenvalue weighted by atomic mass is 10.3. The van der Waals surface area contributed by atoms with Gasteiger partial charge in [-0.15, -0.1) is 11.3 Å². The van der Waals surface area contributed by atoms with Crippen molar-refractivity contribution >= 4 is 27.4 Å². The second-order valence-corrected chi connectivity index (χ2v) is 4.85. The zero-order valence-electron chi connectivity index (χ0n) is 8.58. The Balaban J connectivity index is 2.12. The molecular weight excluding hydrogens is 251 g/mol. The topological polar surface area (TPSA) is 37.8 Å². The van der Waals surface area contributed by atoms with E-state index >= 15 is 0 Å². The van der Waals surface area contributed by atoms with Gasteiger partial charge >= 0.3 is 6.18 Å². The van der Waals surface area contributed by atoms with Crippen molar-refractivity contribution in [1.29, 1.82) is 0 Å². The van der Waals surface area contributed by atoms with Crippen LogP contribution in [0.4, 0.5) is 19.0 Å². The predicted molar refractivity (Wildman–Crippen MR) is 59.1 cm³/mol. The Labute approximate surface area is 98.7 Å². The van der Waals surface area contributed by atoms with Crippen LogP contribution in [-0.2, 0) is 6.18 Å². The van der Waals surface area contributed by atoms with Gasteiger partial charge in [-0.05, 0) is 24.3 Å². The molecular formula is C10H8F3N3S. The van der Waals surface area contributed by atoms with Gasteiger partial charge in [0.2, 0.25) is 5.82 Å². The molecule has 2 aromatic rings. The molecule has 1 N–H and O–H groups in total. The van der Waals surface area contributed by atoms with Crippen molar-refractivity contribution in [2.24, 2.45) is 0 Å². The maximum absolute atomic E-state index is 12.6. The van der Waals surface area contributed by atoms with Crippen molar-refractivity contribution in [2.75, 3.05) is 5.32 Å². The van der Waals surface area contributed by atoms with Gasteiger partial charge in [0.1, 0.15) is 10.6 Å². The summed E-state index contributed by atoms with van der Waals surface area (Å²) in [4.78, 5) is 7.49. The van der Waals surface area contributed by atoms with Crippen LogP contribution in [0.5, 0.6) is 0 Å². The average Bonchev–Trinajstić information content (AvgIpc) is 2.92. The summed E-state index contributed by atoms with van der Waals surface area (Å²) in [6.07, 6.45) is -2.54. The SMILES string of the molecule is FC(F)(F)c1nc(NC2CC2)c2ccsc2n1. The van der Waals surface area contributed by atoms with Gasteiger partial charge in [0.05, 0.1) is 5.39 Å². The number of hydrogen-bond donors (Lipinski definition) is 1. The van der Waals surface area contributed by atoms with Crippen LogP contribution in [0.3, 0.4) is 0 Å². The third-order valence-electron chi connectivity index (χ3n) is 2.50. The number of aromatic nitrogens is 2. The molecule has 0 amide bonds. The smallest absolute Gasteiger partial charge is 0.367 e. The van der Waals surface area contributed by atoms with Crippen molar-refractivity contribution < 1.29 is 13.2 Å². The summed E-state index contributed by atoms with van der Waals surface area (Å²) in [6.45, 7) is 0. The number of alkyl halides is 3. The molecule has 17 heavy (non-hydrogen) atoms. The van der Waals surface area contributed by atoms with Crippen LogP contribution in [0.2, 0.25) is 0 Å². The Bertz CT molecular complexity index is 559. The number of halogens is 3. The number of hydrogen-bond acceptors (Lipinski definition) is 4. The fourth-order valence-corrected chi connectivity index (χ4v) is 2.28. The highest BCUT2D eigenvalue weighted by Crippen LogP contribution is 2.34. The van der Waals surface area contributed by atoms with Crippen molar-refractivity contribution in [3.8, 4) is 0 Å². The summed E-state index contributed by atoms with van der Waals surface area (Å²) in [7, 11) is 0. The molecule has 0 aliphatic heterocycles. The van der Waals surface area contributed by atoms with Crippen molar-refractivity contribution in [3.63, 3.8) is 0 Å². The third-order valence-corrected chi connectivity index (χ3v) is 3.30. The third kappa shape index (κ3) is 2.06. The van der Waals surface area contributed by atoms with E-state index in [2.05, 4.69) is 15.3 Å². The molecule has 0 spiro atoms. The van der Waals surface area contributed by atoms with Gasteiger partial charge in [0.15, 0.2) is 0 Å². The van der Waals surface area contributed by atoms with E-state index in [1.165, 1.54) is 11.3 Å². The van der Waals surface area contributed by atoms with Gasteiger partial charge < -0.3 is 5.32 Å². The first-order valence-electron chi connectivity index (χ1n) is 5.13. The summed E-state index contributed by atoms with van der Waals surface area (Å²) in [6, 6.07) is 2.00. The van der Waals surface area contributed by atoms with Crippen molar-refractivity contribution in [3.05, 3.63) is 17.3 Å². The minimum absolute atomic E-state index is 0.258. The summed E-state index contributed by atoms with van der Waals surface area (Å²) >= 11 is 1.19. The monoisotopic (exact) mass is 259 g/mol. The van der Waals surface area contributed by atoms with E-state index in [0.29, 0.717) is 16.0 Å². The van der Waals surface area contributed by atoms with Crippen LogP contribution in [0, 0.1) is 0 Å². The zero-order valence-corrected chi connectivity index (χ0v) is 9.40. The van der Waals surface area contributed by atoms with Crippen LogP contribution in [0.25, 0.3) is 10.2 Å². The molecule has 0 bridgehead atoms. The molecule has 3 nitrogen and oxygen atoms in total. The second kappa shape index (κ2) is 3.56. The quantitative estimate of drug-likeness (QED) is 0.899. The first-order chi connectivity index (χ1) is 8.04. The van der Waals surface area contributed by atoms with E-state index < -0.39 is 12.0 Å². The van der Waals surface area contributed by atoms with E-state index in [1.54, 1.807) is 11.4 Å². The molecule has 0 radical (unpaired) electrons. The molecule has 0 saturated heterocycles. The van der Waals surface area contributed by atoms with Gasteiger partial charge in [0.25, 0.3) is 0 Å². The van der Waals surface area contributed by atoms with Gasteiger partial charge in [-0.1, -0.05) is 0 Å². The average molecular weight is 259 g/mol. The molecule has 2 aromatic heterocycles. The molecule has 7 heteroatoms. The summed E-state index contributed by atoms with van der Waals surface area (Å²) in [5.41, 5.74) is 0. The van der Waals surface area contributed by atoms with Gasteiger partial charge in [-0.2, -0.15) is 13.2 Å². The van der Waals surface area contributed by atoms with E-state index in [4.69, 9.17) is 0 Å². The Morgan fingerprint density at radius 2 is 2.06 bits per heavy atom. The lowest BCUT2D eigenvalue weighted by Crippen LogP contribution is -2.13. The van der Waals surface area contributed by atoms with Crippen molar-refractivity contribution in [2.45, 2.75) is 25.1 Å². The van der Waals surface area contributed by atoms with Crippen LogP contribution in [0.15, 0.2) is 11.4 Å². The first-order valence-corrected chi connectivity index (χ1v) is 6.01. The highest BCUT2D eigenvalue weighted by Gasteiger charge is 2.36. The predicted octanol–water partition coefficient (Wildman–Crippen LogP) is 3.28. The number of thiophene rings is 1. The molecule has 1 saturated carbocycles. The van der Waals surface area contributed by atoms with Crippen molar-refractivity contribution in [1.82, 2.24) is 9.97 Å². The highest BCUT2D eigenvalue weighted by atomic mass is 32.1. The van der Waals surface area contributed by atoms with E-state index in [1.807, 2.05) is 0 Å². The Morgan fingerprint density at radius 3 is 2.71 bits per heavy atom. The van der Waals surface area contributed by atoms with E-state index in [0.717, 1.165) is 12.8 Å². The standard InChI is InChI=1S/C10H8F3N3S/c11-10(12,13)9-15-7(14-5-1-2-5)6-3-4-17-8(6)16-9/h3-5H,1-2H2,(H,14,15,16). The Hall–Kier alpha value is -1.37. The molecule has 0 aromatic carbocycles. The van der Waals surface area contributed by atoms with Crippen LogP contribution in [0.1, 0.15) is 18.7 Å². The van der Waals surface area contributed by atoms with Crippen LogP contribution in [-0.4, -0.2) is 16.0 Å². The summed E-state index contributed by atoms with van der Waals surface area (Å²) < 4.78 is 37.8. The lowest BCUT2D eigenvalue weighted by molar-refractivity contribution is -0.144. The Kier molecular flexibility index (Phi) is 2.25. The summed E-state index contributed by atoms with van der Waals surface area (Å²) in [5, 5.41) is 5.39. The molecule has 1 aliphatic rings. The highest BCUT2D eigenvalue weighted by molar-refractivity contribution is 7.16. The summed E-state index contributed by atoms with van der Waals surface area (Å²) in [5.74, 6) is -0.776. The normalized spacial score (nSPS) is 16.4. The largest absolute Gasteiger partial charge is 0.451 e. The Morgan fingerprint density at radius 1 is 1.29 bits per heavy atom. The maximum atomic E-state index is 12.6. The number of anilines is 1. The molecule has 0 unspecified atom stereocenters. The van der Waals surface area contributed by atoms with Crippen LogP contribution >= 0.6 is 11.3 Å². The number of fused-ring (bicyclic) bond motifs is 1. The lowest BCUT2D eigenvalue weighted by Gasteiger charge is -2.09. The molecule has 1 aliphatic carbocycles. The number of rotatable bonds is 2. The number of nitrogens with one attached hydrogen (secondary N) is 1. The van der Waals surface area contributed by atoms with E-state index in [9.17, 15) is 13.2 Å². The molecule has 2 heterocycles. The van der Waals surface area contributed by atoms with Gasteiger partial charge in [-0.3, -0.25) is 0 Å². The molecule has 3 rings (SSSR count). The zero-order chi connectivity index (χ0) is 12.0. The van der Waals surface area contributed by atoms with Crippen LogP contribution < -0.4 is 5.32 Å². The first kappa shape index (κ1) is 10.8. The molecule has 1 fully saturated rings. The van der Waals surface area contributed by atoms with Gasteiger partial charge in [0, 0.05) is 6.04 Å². The van der Waals surface area contributed by atoms with Gasteiger partial charge in [-0.25, -0.2) is 9.97 Å².